The maximum atomic E-state index is 13.0. The zero-order valence-corrected chi connectivity index (χ0v) is 57.7. The predicted octanol–water partition coefficient (Wildman–Crippen LogP) is 18.5. The molecule has 0 aromatic carbocycles. The summed E-state index contributed by atoms with van der Waals surface area (Å²) in [5.74, 6) is 0.733. The molecule has 2 unspecified atom stereocenters. The van der Waals surface area contributed by atoms with Gasteiger partial charge >= 0.3 is 39.5 Å². The van der Waals surface area contributed by atoms with Crippen molar-refractivity contribution >= 4 is 39.5 Å². The van der Waals surface area contributed by atoms with Crippen molar-refractivity contribution in [3.63, 3.8) is 0 Å². The average molecular weight is 1270 g/mol. The van der Waals surface area contributed by atoms with E-state index in [0.29, 0.717) is 37.5 Å². The molecule has 0 aliphatic carbocycles. The molecule has 0 aliphatic rings. The first-order chi connectivity index (χ1) is 41.1. The van der Waals surface area contributed by atoms with Gasteiger partial charge in [0.25, 0.3) is 0 Å². The molecule has 0 bridgehead atoms. The van der Waals surface area contributed by atoms with Gasteiger partial charge in [0.15, 0.2) is 12.2 Å². The fourth-order valence-electron chi connectivity index (χ4n) is 9.96. The molecule has 0 aromatic heterocycles. The normalized spacial score (nSPS) is 14.4. The van der Waals surface area contributed by atoms with Gasteiger partial charge in [-0.2, -0.15) is 0 Å². The minimum Gasteiger partial charge on any atom is -0.462 e. The summed E-state index contributed by atoms with van der Waals surface area (Å²) in [5, 5.41) is 10.5. The molecule has 0 saturated carbocycles. The van der Waals surface area contributed by atoms with Crippen LogP contribution in [0.4, 0.5) is 0 Å². The van der Waals surface area contributed by atoms with Crippen LogP contribution in [0.5, 0.6) is 0 Å². The summed E-state index contributed by atoms with van der Waals surface area (Å²) in [4.78, 5) is 72.3. The number of hydrogen-bond acceptors (Lipinski definition) is 15. The highest BCUT2D eigenvalue weighted by Gasteiger charge is 2.30. The number of aliphatic hydroxyl groups excluding tert-OH is 1. The number of phosphoric acid groups is 2. The summed E-state index contributed by atoms with van der Waals surface area (Å²) in [6.07, 6.45) is 37.9. The lowest BCUT2D eigenvalue weighted by molar-refractivity contribution is -0.161. The highest BCUT2D eigenvalue weighted by atomic mass is 31.2. The third-order valence-electron chi connectivity index (χ3n) is 15.3. The van der Waals surface area contributed by atoms with Crippen LogP contribution >= 0.6 is 15.6 Å². The van der Waals surface area contributed by atoms with E-state index in [1.165, 1.54) is 116 Å². The second-order valence-corrected chi connectivity index (χ2v) is 29.0. The molecule has 0 rings (SSSR count). The molecule has 0 amide bonds. The lowest BCUT2D eigenvalue weighted by Gasteiger charge is -2.21. The fraction of sp³-hybridized carbons (Fsp3) is 0.940. The van der Waals surface area contributed by atoms with Crippen LogP contribution < -0.4 is 0 Å². The van der Waals surface area contributed by atoms with Crippen molar-refractivity contribution < 1.29 is 80.2 Å². The van der Waals surface area contributed by atoms with E-state index in [9.17, 15) is 43.2 Å². The Morgan fingerprint density at radius 2 is 0.488 bits per heavy atom. The van der Waals surface area contributed by atoms with Gasteiger partial charge in [0.05, 0.1) is 26.4 Å². The minimum absolute atomic E-state index is 0.103. The Bertz CT molecular complexity index is 1710. The quantitative estimate of drug-likeness (QED) is 0.0222. The number of carbonyl (C=O) groups excluding carboxylic acids is 4. The molecule has 17 nitrogen and oxygen atoms in total. The average Bonchev–Trinajstić information content (AvgIpc) is 3.57. The summed E-state index contributed by atoms with van der Waals surface area (Å²) in [7, 11) is -9.89. The van der Waals surface area contributed by atoms with E-state index in [1.807, 2.05) is 0 Å². The van der Waals surface area contributed by atoms with Crippen molar-refractivity contribution in [1.82, 2.24) is 0 Å². The Morgan fingerprint density at radius 3 is 0.721 bits per heavy atom. The van der Waals surface area contributed by atoms with Crippen LogP contribution in [0.1, 0.15) is 325 Å². The first-order valence-electron chi connectivity index (χ1n) is 34.7. The summed E-state index contributed by atoms with van der Waals surface area (Å²) in [6, 6.07) is 0. The molecule has 0 fully saturated rings. The Labute approximate surface area is 524 Å². The van der Waals surface area contributed by atoms with Gasteiger partial charge in [-0.25, -0.2) is 9.13 Å². The maximum Gasteiger partial charge on any atom is 0.472 e. The van der Waals surface area contributed by atoms with Crippen molar-refractivity contribution in [3.8, 4) is 0 Å². The zero-order chi connectivity index (χ0) is 63.9. The highest BCUT2D eigenvalue weighted by molar-refractivity contribution is 7.47. The monoisotopic (exact) mass is 1270 g/mol. The molecule has 0 saturated heterocycles. The molecule has 19 heteroatoms. The molecular weight excluding hydrogens is 1140 g/mol. The molecule has 3 N–H and O–H groups in total. The lowest BCUT2D eigenvalue weighted by Crippen LogP contribution is -2.30. The molecule has 0 heterocycles. The lowest BCUT2D eigenvalue weighted by atomic mass is 10.0. The van der Waals surface area contributed by atoms with E-state index < -0.39 is 97.5 Å². The molecular formula is C67H130O17P2. The van der Waals surface area contributed by atoms with Crippen LogP contribution in [0.15, 0.2) is 0 Å². The van der Waals surface area contributed by atoms with E-state index in [-0.39, 0.29) is 25.7 Å². The molecule has 5 atom stereocenters. The van der Waals surface area contributed by atoms with Gasteiger partial charge in [-0.3, -0.25) is 37.3 Å². The van der Waals surface area contributed by atoms with Gasteiger partial charge in [-0.15, -0.1) is 0 Å². The number of phosphoric ester groups is 2. The Hall–Kier alpha value is -1.94. The number of carbonyl (C=O) groups is 4. The SMILES string of the molecule is CC(C)CCCCCCCCCCCCCCCCC(=O)O[C@H](COC(=O)CCCCCCCCC(C)C)COP(=O)(O)OC[C@H](O)COP(=O)(O)OC[C@@H](COC(=O)CCCCCCCCC(C)C)OC(=O)CCCCCCCCCCC(C)C. The van der Waals surface area contributed by atoms with Crippen LogP contribution in [0.2, 0.25) is 0 Å². The minimum atomic E-state index is -4.95. The van der Waals surface area contributed by atoms with E-state index >= 15 is 0 Å². The third-order valence-corrected chi connectivity index (χ3v) is 17.2. The zero-order valence-electron chi connectivity index (χ0n) is 55.9. The number of hydrogen-bond donors (Lipinski definition) is 3. The van der Waals surface area contributed by atoms with Crippen molar-refractivity contribution in [2.24, 2.45) is 23.7 Å². The van der Waals surface area contributed by atoms with E-state index in [0.717, 1.165) is 115 Å². The summed E-state index contributed by atoms with van der Waals surface area (Å²) >= 11 is 0. The Morgan fingerprint density at radius 1 is 0.291 bits per heavy atom. The molecule has 0 spiro atoms. The highest BCUT2D eigenvalue weighted by Crippen LogP contribution is 2.45. The molecule has 86 heavy (non-hydrogen) atoms. The standard InChI is InChI=1S/C67H130O17P2/c1-57(2)43-35-27-19-15-13-11-9-10-12-14-16-21-33-41-49-66(71)83-62(53-77-64(69)47-39-31-25-23-29-37-45-59(5)6)55-81-85(73,74)79-51-61(68)52-80-86(75,76)82-56-63(54-78-65(70)48-40-32-26-24-30-38-46-60(7)8)84-67(72)50-42-34-22-18-17-20-28-36-44-58(3)4/h57-63,68H,9-56H2,1-8H3,(H,73,74)(H,75,76)/t61-,62+,63+/m0/s1. The van der Waals surface area contributed by atoms with Gasteiger partial charge in [-0.05, 0) is 49.4 Å². The largest absolute Gasteiger partial charge is 0.472 e. The number of aliphatic hydroxyl groups is 1. The van der Waals surface area contributed by atoms with Gasteiger partial charge in [0, 0.05) is 25.7 Å². The number of ether oxygens (including phenoxy) is 4. The van der Waals surface area contributed by atoms with Crippen LogP contribution in [-0.2, 0) is 65.4 Å². The summed E-state index contributed by atoms with van der Waals surface area (Å²) in [5.41, 5.74) is 0. The smallest absolute Gasteiger partial charge is 0.462 e. The van der Waals surface area contributed by atoms with Crippen molar-refractivity contribution in [1.29, 1.82) is 0 Å². The van der Waals surface area contributed by atoms with Crippen molar-refractivity contribution in [2.75, 3.05) is 39.6 Å². The maximum absolute atomic E-state index is 13.0. The summed E-state index contributed by atoms with van der Waals surface area (Å²) in [6.45, 7) is 13.9. The van der Waals surface area contributed by atoms with E-state index in [4.69, 9.17) is 37.0 Å². The fourth-order valence-corrected chi connectivity index (χ4v) is 11.5. The van der Waals surface area contributed by atoms with Gasteiger partial charge < -0.3 is 33.8 Å². The number of unbranched alkanes of at least 4 members (excludes halogenated alkanes) is 30. The second-order valence-electron chi connectivity index (χ2n) is 26.1. The first kappa shape index (κ1) is 84.1. The van der Waals surface area contributed by atoms with Gasteiger partial charge in [-0.1, -0.05) is 274 Å². The predicted molar refractivity (Wildman–Crippen MR) is 344 cm³/mol. The third kappa shape index (κ3) is 60.9. The number of rotatable bonds is 64. The van der Waals surface area contributed by atoms with Crippen LogP contribution in [0.3, 0.4) is 0 Å². The molecule has 0 radical (unpaired) electrons. The molecule has 0 aromatic rings. The van der Waals surface area contributed by atoms with E-state index in [2.05, 4.69) is 55.4 Å². The molecule has 0 aliphatic heterocycles. The topological polar surface area (TPSA) is 237 Å². The Kier molecular flexibility index (Phi) is 55.7. The van der Waals surface area contributed by atoms with E-state index in [1.54, 1.807) is 0 Å². The van der Waals surface area contributed by atoms with Crippen LogP contribution in [-0.4, -0.2) is 96.7 Å². The van der Waals surface area contributed by atoms with Crippen molar-refractivity contribution in [2.45, 2.75) is 343 Å². The number of esters is 4. The molecule has 510 valence electrons. The Balaban J connectivity index is 5.20. The second kappa shape index (κ2) is 57.0. The van der Waals surface area contributed by atoms with Gasteiger partial charge in [0.2, 0.25) is 0 Å². The van der Waals surface area contributed by atoms with Gasteiger partial charge in [0.1, 0.15) is 19.3 Å². The summed E-state index contributed by atoms with van der Waals surface area (Å²) < 4.78 is 68.1. The van der Waals surface area contributed by atoms with Crippen molar-refractivity contribution in [3.05, 3.63) is 0 Å². The van der Waals surface area contributed by atoms with Crippen LogP contribution in [0.25, 0.3) is 0 Å². The van der Waals surface area contributed by atoms with Crippen LogP contribution in [0, 0.1) is 23.7 Å². The first-order valence-corrected chi connectivity index (χ1v) is 37.7.